The fraction of sp³-hybridized carbons (Fsp3) is 1.00. The van der Waals surface area contributed by atoms with Crippen LogP contribution in [-0.2, 0) is 0 Å². The van der Waals surface area contributed by atoms with Crippen LogP contribution in [0.1, 0.15) is 126 Å². The zero-order chi connectivity index (χ0) is 21.7. The Morgan fingerprint density at radius 1 is 0.633 bits per heavy atom. The van der Waals surface area contributed by atoms with Crippen molar-refractivity contribution in [2.45, 2.75) is 126 Å². The second kappa shape index (κ2) is 6.53. The van der Waals surface area contributed by atoms with Crippen LogP contribution in [0.25, 0.3) is 0 Å². The molecule has 5 rings (SSSR count). The first-order chi connectivity index (χ1) is 13.9. The van der Waals surface area contributed by atoms with E-state index in [9.17, 15) is 0 Å². The standard InChI is InChI=1S/C30H52/c1-20(2)21-12-16-27(5)18-19-29(7)22(25(21)27)10-11-24-28(6)15-9-14-26(3,4)23(28)13-17-30(24,29)8/h20-25H,9-19H2,1-8H3/t21-,22+,23-,24+,25+,27+,28-,29+,30+/m0/s1. The van der Waals surface area contributed by atoms with Gasteiger partial charge in [-0.2, -0.15) is 0 Å². The number of hydrogen-bond donors (Lipinski definition) is 0. The van der Waals surface area contributed by atoms with Gasteiger partial charge in [-0.25, -0.2) is 0 Å². The van der Waals surface area contributed by atoms with Gasteiger partial charge in [-0.1, -0.05) is 61.8 Å². The van der Waals surface area contributed by atoms with Gasteiger partial charge in [0.15, 0.2) is 0 Å². The maximum Gasteiger partial charge on any atom is -0.0235 e. The monoisotopic (exact) mass is 412 g/mol. The maximum atomic E-state index is 2.82. The fourth-order valence-corrected chi connectivity index (χ4v) is 11.8. The Kier molecular flexibility index (Phi) is 4.75. The van der Waals surface area contributed by atoms with Crippen molar-refractivity contribution in [1.29, 1.82) is 0 Å². The summed E-state index contributed by atoms with van der Waals surface area (Å²) in [5, 5.41) is 0. The summed E-state index contributed by atoms with van der Waals surface area (Å²) in [6.45, 7) is 21.4. The molecule has 0 heteroatoms. The Morgan fingerprint density at radius 3 is 2.07 bits per heavy atom. The second-order valence-corrected chi connectivity index (χ2v) is 15.1. The van der Waals surface area contributed by atoms with Crippen molar-refractivity contribution >= 4 is 0 Å². The van der Waals surface area contributed by atoms with E-state index in [-0.39, 0.29) is 0 Å². The fourth-order valence-electron chi connectivity index (χ4n) is 11.8. The Bertz CT molecular complexity index is 688. The summed E-state index contributed by atoms with van der Waals surface area (Å²) >= 11 is 0. The molecule has 0 N–H and O–H groups in total. The molecule has 0 heterocycles. The molecular weight excluding hydrogens is 360 g/mol. The van der Waals surface area contributed by atoms with E-state index in [0.29, 0.717) is 27.1 Å². The molecule has 0 radical (unpaired) electrons. The SMILES string of the molecule is CC(C)[C@@H]1CC[C@]2(C)CC[C@]3(C)[C@H](CC[C@@H]4[C@@]5(C)CCCC(C)(C)[C@@H]5CC[C@]43C)[C@@H]12. The van der Waals surface area contributed by atoms with Gasteiger partial charge < -0.3 is 0 Å². The molecule has 0 aromatic heterocycles. The first-order valence-corrected chi connectivity index (χ1v) is 13.9. The average molecular weight is 413 g/mol. The zero-order valence-corrected chi connectivity index (χ0v) is 21.7. The predicted octanol–water partition coefficient (Wildman–Crippen LogP) is 9.13. The smallest absolute Gasteiger partial charge is 0.0235 e. The Labute approximate surface area is 188 Å². The van der Waals surface area contributed by atoms with Gasteiger partial charge in [0.2, 0.25) is 0 Å². The summed E-state index contributed by atoms with van der Waals surface area (Å²) < 4.78 is 0. The van der Waals surface area contributed by atoms with Crippen molar-refractivity contribution in [3.8, 4) is 0 Å². The molecule has 0 nitrogen and oxygen atoms in total. The molecule has 5 fully saturated rings. The van der Waals surface area contributed by atoms with Gasteiger partial charge in [0.1, 0.15) is 0 Å². The quantitative estimate of drug-likeness (QED) is 0.402. The molecular formula is C30H52. The van der Waals surface area contributed by atoms with Crippen molar-refractivity contribution in [3.63, 3.8) is 0 Å². The van der Waals surface area contributed by atoms with Gasteiger partial charge in [0, 0.05) is 0 Å². The van der Waals surface area contributed by atoms with Gasteiger partial charge in [0.25, 0.3) is 0 Å². The van der Waals surface area contributed by atoms with Gasteiger partial charge in [0.05, 0.1) is 0 Å². The van der Waals surface area contributed by atoms with E-state index in [1.807, 2.05) is 0 Å². The van der Waals surface area contributed by atoms with Crippen LogP contribution in [0.5, 0.6) is 0 Å². The molecule has 0 amide bonds. The van der Waals surface area contributed by atoms with E-state index >= 15 is 0 Å². The van der Waals surface area contributed by atoms with E-state index in [1.165, 1.54) is 64.2 Å². The molecule has 0 spiro atoms. The minimum Gasteiger partial charge on any atom is -0.0625 e. The zero-order valence-electron chi connectivity index (χ0n) is 21.7. The van der Waals surface area contributed by atoms with Crippen LogP contribution in [-0.4, -0.2) is 0 Å². The molecule has 172 valence electrons. The van der Waals surface area contributed by atoms with Crippen molar-refractivity contribution < 1.29 is 0 Å². The van der Waals surface area contributed by atoms with Crippen molar-refractivity contribution in [2.24, 2.45) is 62.6 Å². The van der Waals surface area contributed by atoms with Crippen LogP contribution in [0.3, 0.4) is 0 Å². The van der Waals surface area contributed by atoms with Gasteiger partial charge in [-0.3, -0.25) is 0 Å². The Hall–Kier alpha value is 0. The van der Waals surface area contributed by atoms with Crippen LogP contribution < -0.4 is 0 Å². The summed E-state index contributed by atoms with van der Waals surface area (Å²) in [6, 6.07) is 0. The normalized spacial score (nSPS) is 57.3. The third-order valence-electron chi connectivity index (χ3n) is 13.5. The van der Waals surface area contributed by atoms with E-state index < -0.39 is 0 Å². The van der Waals surface area contributed by atoms with Gasteiger partial charge in [-0.15, -0.1) is 0 Å². The van der Waals surface area contributed by atoms with Crippen LogP contribution in [0.2, 0.25) is 0 Å². The molecule has 0 aliphatic heterocycles. The number of rotatable bonds is 1. The molecule has 0 unspecified atom stereocenters. The van der Waals surface area contributed by atoms with Crippen LogP contribution in [0.4, 0.5) is 0 Å². The lowest BCUT2D eigenvalue weighted by atomic mass is 9.32. The molecule has 30 heavy (non-hydrogen) atoms. The molecule has 0 aromatic carbocycles. The van der Waals surface area contributed by atoms with Crippen molar-refractivity contribution in [2.75, 3.05) is 0 Å². The van der Waals surface area contributed by atoms with E-state index in [4.69, 9.17) is 0 Å². The summed E-state index contributed by atoms with van der Waals surface area (Å²) in [7, 11) is 0. The summed E-state index contributed by atoms with van der Waals surface area (Å²) in [5.74, 6) is 5.78. The van der Waals surface area contributed by atoms with Crippen LogP contribution in [0.15, 0.2) is 0 Å². The van der Waals surface area contributed by atoms with Gasteiger partial charge >= 0.3 is 0 Å². The van der Waals surface area contributed by atoms with Crippen molar-refractivity contribution in [1.82, 2.24) is 0 Å². The van der Waals surface area contributed by atoms with E-state index in [0.717, 1.165) is 35.5 Å². The highest BCUT2D eigenvalue weighted by atomic mass is 14.7. The maximum absolute atomic E-state index is 2.82. The molecule has 5 saturated carbocycles. The summed E-state index contributed by atoms with van der Waals surface area (Å²) in [4.78, 5) is 0. The van der Waals surface area contributed by atoms with Crippen LogP contribution >= 0.6 is 0 Å². The lowest BCUT2D eigenvalue weighted by molar-refractivity contribution is -0.236. The van der Waals surface area contributed by atoms with Crippen molar-refractivity contribution in [3.05, 3.63) is 0 Å². The summed E-state index contributed by atoms with van der Waals surface area (Å²) in [6.07, 6.45) is 16.6. The molecule has 5 aliphatic rings. The molecule has 5 aliphatic carbocycles. The number of hydrogen-bond acceptors (Lipinski definition) is 0. The number of fused-ring (bicyclic) bond motifs is 7. The molecule has 0 saturated heterocycles. The van der Waals surface area contributed by atoms with Gasteiger partial charge in [-0.05, 0) is 127 Å². The minimum atomic E-state index is 0.561. The highest BCUT2D eigenvalue weighted by molar-refractivity contribution is 5.18. The first-order valence-electron chi connectivity index (χ1n) is 13.9. The largest absolute Gasteiger partial charge is 0.0625 e. The highest BCUT2D eigenvalue weighted by Crippen LogP contribution is 2.77. The highest BCUT2D eigenvalue weighted by Gasteiger charge is 2.69. The molecule has 0 aromatic rings. The predicted molar refractivity (Wildman–Crippen MR) is 129 cm³/mol. The van der Waals surface area contributed by atoms with E-state index in [2.05, 4.69) is 55.4 Å². The Balaban J connectivity index is 1.54. The third-order valence-corrected chi connectivity index (χ3v) is 13.5. The molecule has 0 bridgehead atoms. The Morgan fingerprint density at radius 2 is 1.37 bits per heavy atom. The van der Waals surface area contributed by atoms with Crippen LogP contribution in [0, 0.1) is 62.6 Å². The summed E-state index contributed by atoms with van der Waals surface area (Å²) in [5.41, 5.74) is 2.95. The first kappa shape index (κ1) is 21.8. The topological polar surface area (TPSA) is 0 Å². The lowest BCUT2D eigenvalue weighted by Crippen LogP contribution is -2.65. The average Bonchev–Trinajstić information content (AvgIpc) is 2.99. The minimum absolute atomic E-state index is 0.561. The second-order valence-electron chi connectivity index (χ2n) is 15.1. The lowest BCUT2D eigenvalue weighted by Gasteiger charge is -2.72. The molecule has 9 atom stereocenters. The van der Waals surface area contributed by atoms with E-state index in [1.54, 1.807) is 6.42 Å². The third kappa shape index (κ3) is 2.58.